The summed E-state index contributed by atoms with van der Waals surface area (Å²) in [4.78, 5) is 0. The van der Waals surface area contributed by atoms with E-state index in [1.165, 1.54) is 12.1 Å². The lowest BCUT2D eigenvalue weighted by Crippen LogP contribution is -2.02. The van der Waals surface area contributed by atoms with Crippen molar-refractivity contribution < 1.29 is 9.50 Å². The van der Waals surface area contributed by atoms with Crippen LogP contribution < -0.4 is 0 Å². The van der Waals surface area contributed by atoms with Crippen molar-refractivity contribution in [2.45, 2.75) is 13.0 Å². The van der Waals surface area contributed by atoms with Crippen molar-refractivity contribution in [3.05, 3.63) is 70.0 Å². The average Bonchev–Trinajstić information content (AvgIpc) is 2.32. The highest BCUT2D eigenvalue weighted by Crippen LogP contribution is 2.26. The summed E-state index contributed by atoms with van der Waals surface area (Å²) in [6.07, 6.45) is -0.831. The molecule has 0 aromatic heterocycles. The molecule has 2 rings (SSSR count). The van der Waals surface area contributed by atoms with Crippen LogP contribution in [0.5, 0.6) is 0 Å². The van der Waals surface area contributed by atoms with Gasteiger partial charge in [0.05, 0.1) is 0 Å². The molecule has 17 heavy (non-hydrogen) atoms. The zero-order chi connectivity index (χ0) is 12.4. The van der Waals surface area contributed by atoms with Crippen molar-refractivity contribution in [2.24, 2.45) is 0 Å². The van der Waals surface area contributed by atoms with Crippen LogP contribution in [0.2, 0.25) is 5.02 Å². The Bertz CT molecular complexity index is 522. The van der Waals surface area contributed by atoms with Crippen molar-refractivity contribution in [3.63, 3.8) is 0 Å². The van der Waals surface area contributed by atoms with E-state index in [4.69, 9.17) is 11.6 Å². The Kier molecular flexibility index (Phi) is 3.46. The van der Waals surface area contributed by atoms with Gasteiger partial charge in [-0.15, -0.1) is 0 Å². The molecule has 1 N–H and O–H groups in total. The molecule has 1 nitrogen and oxygen atoms in total. The van der Waals surface area contributed by atoms with Crippen molar-refractivity contribution in [1.29, 1.82) is 0 Å². The Morgan fingerprint density at radius 1 is 1.12 bits per heavy atom. The molecule has 0 aliphatic rings. The second-order valence-corrected chi connectivity index (χ2v) is 4.39. The number of hydrogen-bond donors (Lipinski definition) is 1. The summed E-state index contributed by atoms with van der Waals surface area (Å²) in [5.41, 5.74) is 2.13. The highest BCUT2D eigenvalue weighted by atomic mass is 35.5. The van der Waals surface area contributed by atoms with Gasteiger partial charge in [0.2, 0.25) is 0 Å². The van der Waals surface area contributed by atoms with Gasteiger partial charge in [-0.1, -0.05) is 29.8 Å². The number of aryl methyl sites for hydroxylation is 1. The third-order valence-corrected chi connectivity index (χ3v) is 2.97. The van der Waals surface area contributed by atoms with E-state index in [0.29, 0.717) is 16.1 Å². The molecule has 2 aromatic rings. The summed E-state index contributed by atoms with van der Waals surface area (Å²) in [7, 11) is 0. The third kappa shape index (κ3) is 2.65. The molecule has 88 valence electrons. The Morgan fingerprint density at radius 3 is 2.41 bits per heavy atom. The monoisotopic (exact) mass is 250 g/mol. The molecule has 0 fully saturated rings. The van der Waals surface area contributed by atoms with Crippen LogP contribution in [0.15, 0.2) is 42.5 Å². The molecule has 0 saturated heterocycles. The van der Waals surface area contributed by atoms with Crippen molar-refractivity contribution in [2.75, 3.05) is 0 Å². The fraction of sp³-hybridized carbons (Fsp3) is 0.143. The summed E-state index contributed by atoms with van der Waals surface area (Å²) in [5.74, 6) is -0.349. The Labute approximate surface area is 104 Å². The van der Waals surface area contributed by atoms with Gasteiger partial charge in [0, 0.05) is 5.02 Å². The van der Waals surface area contributed by atoms with Gasteiger partial charge in [0.1, 0.15) is 11.9 Å². The van der Waals surface area contributed by atoms with E-state index >= 15 is 0 Å². The molecule has 0 spiro atoms. The normalized spacial score (nSPS) is 12.5. The first kappa shape index (κ1) is 12.1. The first-order valence-corrected chi connectivity index (χ1v) is 5.65. The number of aliphatic hydroxyl groups is 1. The second-order valence-electron chi connectivity index (χ2n) is 3.95. The van der Waals surface area contributed by atoms with Gasteiger partial charge in [0.25, 0.3) is 0 Å². The van der Waals surface area contributed by atoms with Gasteiger partial charge in [-0.25, -0.2) is 4.39 Å². The van der Waals surface area contributed by atoms with Gasteiger partial charge in [-0.05, 0) is 47.9 Å². The molecule has 3 heteroatoms. The standard InChI is InChI=1S/C14H12ClFO/c1-9-2-7-12(16)8-13(9)14(17)10-3-5-11(15)6-4-10/h2-8,14,17H,1H3/t14-/m0/s1. The largest absolute Gasteiger partial charge is 0.384 e. The van der Waals surface area contributed by atoms with E-state index in [0.717, 1.165) is 5.56 Å². The van der Waals surface area contributed by atoms with E-state index in [2.05, 4.69) is 0 Å². The number of halogens is 2. The van der Waals surface area contributed by atoms with Crippen LogP contribution in [0.25, 0.3) is 0 Å². The Hall–Kier alpha value is -1.38. The zero-order valence-electron chi connectivity index (χ0n) is 9.32. The van der Waals surface area contributed by atoms with E-state index in [9.17, 15) is 9.50 Å². The summed E-state index contributed by atoms with van der Waals surface area (Å²) in [6.45, 7) is 1.84. The molecule has 0 heterocycles. The lowest BCUT2D eigenvalue weighted by Gasteiger charge is -2.14. The molecule has 0 aliphatic carbocycles. The minimum atomic E-state index is -0.831. The number of hydrogen-bond acceptors (Lipinski definition) is 1. The lowest BCUT2D eigenvalue weighted by atomic mass is 9.97. The van der Waals surface area contributed by atoms with Crippen LogP contribution in [0.1, 0.15) is 22.8 Å². The fourth-order valence-electron chi connectivity index (χ4n) is 1.73. The third-order valence-electron chi connectivity index (χ3n) is 2.72. The summed E-state index contributed by atoms with van der Waals surface area (Å²) < 4.78 is 13.2. The minimum absolute atomic E-state index is 0.349. The van der Waals surface area contributed by atoms with Gasteiger partial charge in [-0.2, -0.15) is 0 Å². The quantitative estimate of drug-likeness (QED) is 0.858. The zero-order valence-corrected chi connectivity index (χ0v) is 10.1. The maximum atomic E-state index is 13.2. The van der Waals surface area contributed by atoms with Crippen LogP contribution in [0, 0.1) is 12.7 Å². The molecule has 0 bridgehead atoms. The predicted molar refractivity (Wildman–Crippen MR) is 66.7 cm³/mol. The van der Waals surface area contributed by atoms with Gasteiger partial charge < -0.3 is 5.11 Å². The fourth-order valence-corrected chi connectivity index (χ4v) is 1.86. The Morgan fingerprint density at radius 2 is 1.76 bits per heavy atom. The number of benzene rings is 2. The second kappa shape index (κ2) is 4.86. The topological polar surface area (TPSA) is 20.2 Å². The maximum Gasteiger partial charge on any atom is 0.123 e. The first-order chi connectivity index (χ1) is 8.08. The molecular weight excluding hydrogens is 239 g/mol. The van der Waals surface area contributed by atoms with Crippen LogP contribution in [-0.4, -0.2) is 5.11 Å². The molecule has 2 aromatic carbocycles. The Balaban J connectivity index is 2.39. The smallest absolute Gasteiger partial charge is 0.123 e. The summed E-state index contributed by atoms with van der Waals surface area (Å²) in [5, 5.41) is 10.8. The van der Waals surface area contributed by atoms with Crippen LogP contribution in [-0.2, 0) is 0 Å². The van der Waals surface area contributed by atoms with E-state index in [1.54, 1.807) is 30.3 Å². The van der Waals surface area contributed by atoms with E-state index in [-0.39, 0.29) is 5.82 Å². The highest BCUT2D eigenvalue weighted by Gasteiger charge is 2.13. The van der Waals surface area contributed by atoms with Crippen molar-refractivity contribution in [3.8, 4) is 0 Å². The first-order valence-electron chi connectivity index (χ1n) is 5.27. The molecule has 0 aliphatic heterocycles. The van der Waals surface area contributed by atoms with Crippen molar-refractivity contribution >= 4 is 11.6 Å². The summed E-state index contributed by atoms with van der Waals surface area (Å²) >= 11 is 5.78. The van der Waals surface area contributed by atoms with E-state index < -0.39 is 6.10 Å². The maximum absolute atomic E-state index is 13.2. The highest BCUT2D eigenvalue weighted by molar-refractivity contribution is 6.30. The molecule has 1 atom stereocenters. The average molecular weight is 251 g/mol. The number of aliphatic hydroxyl groups excluding tert-OH is 1. The lowest BCUT2D eigenvalue weighted by molar-refractivity contribution is 0.219. The number of rotatable bonds is 2. The van der Waals surface area contributed by atoms with Crippen LogP contribution >= 0.6 is 11.6 Å². The summed E-state index contributed by atoms with van der Waals surface area (Å²) in [6, 6.07) is 11.3. The minimum Gasteiger partial charge on any atom is -0.384 e. The van der Waals surface area contributed by atoms with Gasteiger partial charge in [0.15, 0.2) is 0 Å². The SMILES string of the molecule is Cc1ccc(F)cc1[C@@H](O)c1ccc(Cl)cc1. The van der Waals surface area contributed by atoms with Crippen molar-refractivity contribution in [1.82, 2.24) is 0 Å². The molecule has 0 saturated carbocycles. The molecule has 0 unspecified atom stereocenters. The molecule has 0 radical (unpaired) electrons. The van der Waals surface area contributed by atoms with Gasteiger partial charge >= 0.3 is 0 Å². The van der Waals surface area contributed by atoms with Gasteiger partial charge in [-0.3, -0.25) is 0 Å². The van der Waals surface area contributed by atoms with E-state index in [1.807, 2.05) is 6.92 Å². The van der Waals surface area contributed by atoms with Crippen LogP contribution in [0.4, 0.5) is 4.39 Å². The van der Waals surface area contributed by atoms with Crippen LogP contribution in [0.3, 0.4) is 0 Å². The predicted octanol–water partition coefficient (Wildman–Crippen LogP) is 3.87. The molecule has 0 amide bonds. The molecular formula is C14H12ClFO.